The Balaban J connectivity index is 2.40. The normalized spacial score (nSPS) is 18.1. The first-order valence-corrected chi connectivity index (χ1v) is 6.05. The van der Waals surface area contributed by atoms with Crippen LogP contribution in [0.2, 0.25) is 0 Å². The predicted octanol–water partition coefficient (Wildman–Crippen LogP) is 2.42. The molecule has 0 spiro atoms. The summed E-state index contributed by atoms with van der Waals surface area (Å²) in [5, 5.41) is 0. The van der Waals surface area contributed by atoms with Gasteiger partial charge in [0.25, 0.3) is 0 Å². The first-order chi connectivity index (χ1) is 8.15. The van der Waals surface area contributed by atoms with Crippen LogP contribution in [-0.4, -0.2) is 29.9 Å². The van der Waals surface area contributed by atoms with Crippen molar-refractivity contribution in [3.05, 3.63) is 18.2 Å². The lowest BCUT2D eigenvalue weighted by Crippen LogP contribution is -2.41. The summed E-state index contributed by atoms with van der Waals surface area (Å²) in [5.41, 5.74) is 7.30. The molecule has 0 aromatic heterocycles. The number of aliphatic imine (C=N–C) groups is 1. The third kappa shape index (κ3) is 2.20. The highest BCUT2D eigenvalue weighted by Gasteiger charge is 2.23. The zero-order valence-corrected chi connectivity index (χ0v) is 10.6. The van der Waals surface area contributed by atoms with Gasteiger partial charge in [0.05, 0.1) is 0 Å². The van der Waals surface area contributed by atoms with Crippen molar-refractivity contribution in [2.45, 2.75) is 26.9 Å². The van der Waals surface area contributed by atoms with Gasteiger partial charge in [-0.15, -0.1) is 0 Å². The Labute approximate surface area is 102 Å². The van der Waals surface area contributed by atoms with E-state index in [-0.39, 0.29) is 6.10 Å². The predicted molar refractivity (Wildman–Crippen MR) is 71.0 cm³/mol. The van der Waals surface area contributed by atoms with Gasteiger partial charge in [0.1, 0.15) is 17.3 Å². The van der Waals surface area contributed by atoms with Gasteiger partial charge in [-0.1, -0.05) is 0 Å². The molecule has 4 heteroatoms. The summed E-state index contributed by atoms with van der Waals surface area (Å²) in [6.07, 6.45) is -0.00831. The van der Waals surface area contributed by atoms with E-state index in [0.717, 1.165) is 30.4 Å². The van der Waals surface area contributed by atoms with Crippen molar-refractivity contribution in [3.8, 4) is 5.75 Å². The van der Waals surface area contributed by atoms with Gasteiger partial charge in [-0.3, -0.25) is 0 Å². The number of benzene rings is 1. The van der Waals surface area contributed by atoms with Crippen LogP contribution < -0.4 is 10.5 Å². The number of amidine groups is 1. The minimum atomic E-state index is -0.00831. The van der Waals surface area contributed by atoms with E-state index in [0.29, 0.717) is 5.69 Å². The van der Waals surface area contributed by atoms with Gasteiger partial charge >= 0.3 is 0 Å². The van der Waals surface area contributed by atoms with Crippen LogP contribution in [0.4, 0.5) is 11.4 Å². The van der Waals surface area contributed by atoms with Crippen LogP contribution in [0.1, 0.15) is 20.8 Å². The largest absolute Gasteiger partial charge is 0.481 e. The summed E-state index contributed by atoms with van der Waals surface area (Å²) in [5.74, 6) is 1.79. The molecule has 17 heavy (non-hydrogen) atoms. The summed E-state index contributed by atoms with van der Waals surface area (Å²) in [6, 6.07) is 5.57. The van der Waals surface area contributed by atoms with Gasteiger partial charge in [0, 0.05) is 18.8 Å². The highest BCUT2D eigenvalue weighted by molar-refractivity contribution is 5.91. The highest BCUT2D eigenvalue weighted by atomic mass is 16.5. The first-order valence-electron chi connectivity index (χ1n) is 6.05. The molecule has 0 radical (unpaired) electrons. The van der Waals surface area contributed by atoms with E-state index in [1.807, 2.05) is 25.1 Å². The zero-order valence-electron chi connectivity index (χ0n) is 10.6. The summed E-state index contributed by atoms with van der Waals surface area (Å²) in [4.78, 5) is 6.87. The number of likely N-dealkylation sites (N-methyl/N-ethyl adjacent to an activating group) is 1. The summed E-state index contributed by atoms with van der Waals surface area (Å²) < 4.78 is 5.86. The summed E-state index contributed by atoms with van der Waals surface area (Å²) >= 11 is 0. The molecule has 0 fully saturated rings. The van der Waals surface area contributed by atoms with Gasteiger partial charge in [0.2, 0.25) is 0 Å². The number of anilines is 1. The van der Waals surface area contributed by atoms with Crippen LogP contribution in [0.3, 0.4) is 0 Å². The molecular formula is C13H19N3O. The molecule has 0 saturated carbocycles. The molecule has 1 aromatic carbocycles. The monoisotopic (exact) mass is 233 g/mol. The Morgan fingerprint density at radius 3 is 2.71 bits per heavy atom. The van der Waals surface area contributed by atoms with Crippen molar-refractivity contribution in [1.82, 2.24) is 4.90 Å². The molecule has 0 saturated heterocycles. The maximum Gasteiger partial charge on any atom is 0.153 e. The second kappa shape index (κ2) is 4.65. The molecule has 2 rings (SSSR count). The smallest absolute Gasteiger partial charge is 0.153 e. The van der Waals surface area contributed by atoms with Crippen molar-refractivity contribution in [2.75, 3.05) is 18.8 Å². The number of nitrogen functional groups attached to an aromatic ring is 1. The minimum absolute atomic E-state index is 0.00831. The number of hydrogen-bond donors (Lipinski definition) is 1. The lowest BCUT2D eigenvalue weighted by Gasteiger charge is -2.31. The number of ether oxygens (including phenoxy) is 1. The lowest BCUT2D eigenvalue weighted by atomic mass is 10.2. The molecular weight excluding hydrogens is 214 g/mol. The van der Waals surface area contributed by atoms with E-state index >= 15 is 0 Å². The summed E-state index contributed by atoms with van der Waals surface area (Å²) in [6.45, 7) is 8.12. The second-order valence-electron chi connectivity index (χ2n) is 4.13. The van der Waals surface area contributed by atoms with Gasteiger partial charge in [-0.2, -0.15) is 0 Å². The number of nitrogens with two attached hydrogens (primary N) is 1. The van der Waals surface area contributed by atoms with Crippen LogP contribution in [0, 0.1) is 0 Å². The maximum absolute atomic E-state index is 5.86. The molecule has 92 valence electrons. The van der Waals surface area contributed by atoms with Gasteiger partial charge in [-0.25, -0.2) is 4.99 Å². The van der Waals surface area contributed by atoms with Crippen molar-refractivity contribution >= 4 is 17.2 Å². The fourth-order valence-electron chi connectivity index (χ4n) is 2.05. The number of fused-ring (bicyclic) bond motifs is 1. The minimum Gasteiger partial charge on any atom is -0.481 e. The molecule has 0 amide bonds. The van der Waals surface area contributed by atoms with Crippen molar-refractivity contribution < 1.29 is 4.74 Å². The van der Waals surface area contributed by atoms with E-state index in [9.17, 15) is 0 Å². The average molecular weight is 233 g/mol. The van der Waals surface area contributed by atoms with Crippen LogP contribution in [-0.2, 0) is 0 Å². The molecule has 4 nitrogen and oxygen atoms in total. The second-order valence-corrected chi connectivity index (χ2v) is 4.13. The van der Waals surface area contributed by atoms with Gasteiger partial charge in [0.15, 0.2) is 6.10 Å². The lowest BCUT2D eigenvalue weighted by molar-refractivity contribution is 0.257. The SMILES string of the molecule is CCN(CC)C1=Nc2cc(N)ccc2OC1C. The Hall–Kier alpha value is -1.71. The quantitative estimate of drug-likeness (QED) is 0.798. The fraction of sp³-hybridized carbons (Fsp3) is 0.462. The molecule has 1 heterocycles. The third-order valence-corrected chi connectivity index (χ3v) is 2.97. The van der Waals surface area contributed by atoms with E-state index in [2.05, 4.69) is 23.7 Å². The van der Waals surface area contributed by atoms with Gasteiger partial charge < -0.3 is 15.4 Å². The standard InChI is InChI=1S/C13H19N3O/c1-4-16(5-2)13-9(3)17-12-7-6-10(14)8-11(12)15-13/h6-9H,4-5,14H2,1-3H3. The Kier molecular flexibility index (Phi) is 3.22. The number of rotatable bonds is 2. The average Bonchev–Trinajstić information content (AvgIpc) is 2.32. The van der Waals surface area contributed by atoms with E-state index < -0.39 is 0 Å². The maximum atomic E-state index is 5.86. The topological polar surface area (TPSA) is 50.8 Å². The van der Waals surface area contributed by atoms with E-state index in [4.69, 9.17) is 10.5 Å². The number of nitrogens with zero attached hydrogens (tertiary/aromatic N) is 2. The van der Waals surface area contributed by atoms with Crippen LogP contribution in [0.15, 0.2) is 23.2 Å². The van der Waals surface area contributed by atoms with E-state index in [1.165, 1.54) is 0 Å². The third-order valence-electron chi connectivity index (χ3n) is 2.97. The summed E-state index contributed by atoms with van der Waals surface area (Å²) in [7, 11) is 0. The highest BCUT2D eigenvalue weighted by Crippen LogP contribution is 2.34. The zero-order chi connectivity index (χ0) is 12.4. The van der Waals surface area contributed by atoms with Crippen LogP contribution in [0.25, 0.3) is 0 Å². The van der Waals surface area contributed by atoms with E-state index in [1.54, 1.807) is 0 Å². The molecule has 1 atom stereocenters. The molecule has 1 unspecified atom stereocenters. The molecule has 0 bridgehead atoms. The van der Waals surface area contributed by atoms with Gasteiger partial charge in [-0.05, 0) is 39.0 Å². The van der Waals surface area contributed by atoms with Crippen LogP contribution >= 0.6 is 0 Å². The van der Waals surface area contributed by atoms with Crippen molar-refractivity contribution in [2.24, 2.45) is 4.99 Å². The molecule has 2 N–H and O–H groups in total. The molecule has 1 aliphatic heterocycles. The Morgan fingerprint density at radius 2 is 2.06 bits per heavy atom. The molecule has 1 aromatic rings. The fourth-order valence-corrected chi connectivity index (χ4v) is 2.05. The van der Waals surface area contributed by atoms with Crippen molar-refractivity contribution in [1.29, 1.82) is 0 Å². The first kappa shape index (κ1) is 11.8. The molecule has 1 aliphatic rings. The number of hydrogen-bond acceptors (Lipinski definition) is 4. The van der Waals surface area contributed by atoms with Crippen molar-refractivity contribution in [3.63, 3.8) is 0 Å². The Morgan fingerprint density at radius 1 is 1.35 bits per heavy atom. The Bertz CT molecular complexity index is 438. The molecule has 0 aliphatic carbocycles. The van der Waals surface area contributed by atoms with Crippen LogP contribution in [0.5, 0.6) is 5.75 Å².